The van der Waals surface area contributed by atoms with Crippen molar-refractivity contribution in [3.8, 4) is 0 Å². The number of amides is 1. The number of unbranched alkanes of at least 4 members (excludes halogenated alkanes) is 1. The first-order valence-corrected chi connectivity index (χ1v) is 7.33. The minimum Gasteiger partial charge on any atom is -0.384 e. The highest BCUT2D eigenvalue weighted by atomic mass is 35.5. The number of halogens is 1. The molecule has 0 atom stereocenters. The van der Waals surface area contributed by atoms with Gasteiger partial charge in [-0.1, -0.05) is 31.0 Å². The number of rotatable bonds is 6. The molecule has 21 heavy (non-hydrogen) atoms. The lowest BCUT2D eigenvalue weighted by molar-refractivity contribution is 0.102. The predicted octanol–water partition coefficient (Wildman–Crippen LogP) is 4.20. The summed E-state index contributed by atoms with van der Waals surface area (Å²) in [5, 5.41) is 6.55. The number of carbonyl (C=O) groups is 1. The largest absolute Gasteiger partial charge is 0.384 e. The van der Waals surface area contributed by atoms with Crippen LogP contribution in [0.5, 0.6) is 0 Å². The van der Waals surface area contributed by atoms with Gasteiger partial charge in [0.15, 0.2) is 0 Å². The molecule has 0 bridgehead atoms. The zero-order valence-corrected chi connectivity index (χ0v) is 12.7. The Balaban J connectivity index is 1.95. The highest BCUT2D eigenvalue weighted by molar-refractivity contribution is 6.31. The Morgan fingerprint density at radius 3 is 2.81 bits per heavy atom. The number of anilines is 2. The Kier molecular flexibility index (Phi) is 5.58. The second kappa shape index (κ2) is 7.64. The third-order valence-corrected chi connectivity index (χ3v) is 3.19. The summed E-state index contributed by atoms with van der Waals surface area (Å²) in [7, 11) is 0. The lowest BCUT2D eigenvalue weighted by Gasteiger charge is -2.07. The van der Waals surface area contributed by atoms with E-state index < -0.39 is 0 Å². The van der Waals surface area contributed by atoms with Crippen molar-refractivity contribution in [3.05, 3.63) is 53.2 Å². The van der Waals surface area contributed by atoms with E-state index in [-0.39, 0.29) is 5.91 Å². The maximum absolute atomic E-state index is 12.0. The monoisotopic (exact) mass is 303 g/mol. The Bertz CT molecular complexity index is 599. The Labute approximate surface area is 129 Å². The van der Waals surface area contributed by atoms with Gasteiger partial charge in [0.1, 0.15) is 5.82 Å². The molecule has 2 rings (SSSR count). The molecule has 2 aromatic rings. The molecule has 2 N–H and O–H groups in total. The maximum atomic E-state index is 12.0. The summed E-state index contributed by atoms with van der Waals surface area (Å²) in [6, 6.07) is 10.5. The van der Waals surface area contributed by atoms with Gasteiger partial charge in [0, 0.05) is 17.1 Å². The van der Waals surface area contributed by atoms with Gasteiger partial charge in [-0.2, -0.15) is 0 Å². The van der Waals surface area contributed by atoms with Crippen LogP contribution in [0.1, 0.15) is 30.1 Å². The number of nitrogens with zero attached hydrogens (tertiary/aromatic N) is 1. The molecule has 0 fully saturated rings. The van der Waals surface area contributed by atoms with Crippen molar-refractivity contribution in [1.82, 2.24) is 4.98 Å². The lowest BCUT2D eigenvalue weighted by Crippen LogP contribution is -2.13. The maximum Gasteiger partial charge on any atom is 0.256 e. The van der Waals surface area contributed by atoms with E-state index in [4.69, 9.17) is 11.6 Å². The standard InChI is InChI=1S/C16H18ClN3O/c1-2-3-9-18-14-7-8-15(19-11-14)20-16(21)12-5-4-6-13(17)10-12/h4-8,10-11,18H,2-3,9H2,1H3,(H,19,20,21). The number of aromatic nitrogens is 1. The summed E-state index contributed by atoms with van der Waals surface area (Å²) in [6.45, 7) is 3.07. The fourth-order valence-electron chi connectivity index (χ4n) is 1.80. The zero-order chi connectivity index (χ0) is 15.1. The molecule has 0 aliphatic rings. The van der Waals surface area contributed by atoms with Gasteiger partial charge in [-0.3, -0.25) is 4.79 Å². The SMILES string of the molecule is CCCCNc1ccc(NC(=O)c2cccc(Cl)c2)nc1. The third-order valence-electron chi connectivity index (χ3n) is 2.95. The van der Waals surface area contributed by atoms with Crippen LogP contribution in [-0.2, 0) is 0 Å². The molecule has 1 amide bonds. The Morgan fingerprint density at radius 1 is 1.29 bits per heavy atom. The van der Waals surface area contributed by atoms with E-state index in [2.05, 4.69) is 22.5 Å². The number of carbonyl (C=O) groups excluding carboxylic acids is 1. The van der Waals surface area contributed by atoms with E-state index in [9.17, 15) is 4.79 Å². The number of hydrogen-bond donors (Lipinski definition) is 2. The van der Waals surface area contributed by atoms with Crippen molar-refractivity contribution in [3.63, 3.8) is 0 Å². The fourth-order valence-corrected chi connectivity index (χ4v) is 1.99. The Hall–Kier alpha value is -2.07. The van der Waals surface area contributed by atoms with E-state index in [1.54, 1.807) is 36.5 Å². The van der Waals surface area contributed by atoms with Crippen molar-refractivity contribution in [2.45, 2.75) is 19.8 Å². The van der Waals surface area contributed by atoms with Gasteiger partial charge in [0.05, 0.1) is 11.9 Å². The van der Waals surface area contributed by atoms with Crippen LogP contribution in [0.25, 0.3) is 0 Å². The minimum atomic E-state index is -0.225. The van der Waals surface area contributed by atoms with E-state index >= 15 is 0 Å². The summed E-state index contributed by atoms with van der Waals surface area (Å²) < 4.78 is 0. The molecule has 0 unspecified atom stereocenters. The molecular weight excluding hydrogens is 286 g/mol. The van der Waals surface area contributed by atoms with Crippen LogP contribution in [0.4, 0.5) is 11.5 Å². The van der Waals surface area contributed by atoms with Gasteiger partial charge in [-0.25, -0.2) is 4.98 Å². The minimum absolute atomic E-state index is 0.225. The first-order chi connectivity index (χ1) is 10.2. The van der Waals surface area contributed by atoms with Crippen molar-refractivity contribution < 1.29 is 4.79 Å². The van der Waals surface area contributed by atoms with Crippen molar-refractivity contribution >= 4 is 29.0 Å². The van der Waals surface area contributed by atoms with Gasteiger partial charge < -0.3 is 10.6 Å². The molecule has 1 aromatic carbocycles. The summed E-state index contributed by atoms with van der Waals surface area (Å²) in [5.74, 6) is 0.290. The molecule has 0 radical (unpaired) electrons. The molecular formula is C16H18ClN3O. The zero-order valence-electron chi connectivity index (χ0n) is 11.9. The second-order valence-electron chi connectivity index (χ2n) is 4.68. The molecule has 0 saturated heterocycles. The number of hydrogen-bond acceptors (Lipinski definition) is 3. The highest BCUT2D eigenvalue weighted by Gasteiger charge is 2.07. The molecule has 0 spiro atoms. The van der Waals surface area contributed by atoms with Crippen LogP contribution in [0, 0.1) is 0 Å². The average molecular weight is 304 g/mol. The highest BCUT2D eigenvalue weighted by Crippen LogP contribution is 2.14. The van der Waals surface area contributed by atoms with Crippen LogP contribution < -0.4 is 10.6 Å². The van der Waals surface area contributed by atoms with Crippen molar-refractivity contribution in [2.24, 2.45) is 0 Å². The summed E-state index contributed by atoms with van der Waals surface area (Å²) in [5.41, 5.74) is 1.46. The smallest absolute Gasteiger partial charge is 0.256 e. The molecule has 5 heteroatoms. The molecule has 110 valence electrons. The molecule has 1 heterocycles. The lowest BCUT2D eigenvalue weighted by atomic mass is 10.2. The first kappa shape index (κ1) is 15.3. The summed E-state index contributed by atoms with van der Waals surface area (Å²) in [4.78, 5) is 16.3. The topological polar surface area (TPSA) is 54.0 Å². The summed E-state index contributed by atoms with van der Waals surface area (Å²) in [6.07, 6.45) is 3.98. The van der Waals surface area contributed by atoms with Gasteiger partial charge in [0.2, 0.25) is 0 Å². The quantitative estimate of drug-likeness (QED) is 0.786. The normalized spacial score (nSPS) is 10.2. The van der Waals surface area contributed by atoms with Crippen LogP contribution in [-0.4, -0.2) is 17.4 Å². The Morgan fingerprint density at radius 2 is 2.14 bits per heavy atom. The van der Waals surface area contributed by atoms with Gasteiger partial charge in [-0.15, -0.1) is 0 Å². The van der Waals surface area contributed by atoms with Crippen molar-refractivity contribution in [2.75, 3.05) is 17.2 Å². The first-order valence-electron chi connectivity index (χ1n) is 6.96. The second-order valence-corrected chi connectivity index (χ2v) is 5.11. The van der Waals surface area contributed by atoms with Crippen LogP contribution in [0.2, 0.25) is 5.02 Å². The van der Waals surface area contributed by atoms with Crippen LogP contribution in [0.3, 0.4) is 0 Å². The van der Waals surface area contributed by atoms with Gasteiger partial charge >= 0.3 is 0 Å². The number of benzene rings is 1. The predicted molar refractivity (Wildman–Crippen MR) is 87.0 cm³/mol. The molecule has 0 aliphatic heterocycles. The van der Waals surface area contributed by atoms with Gasteiger partial charge in [-0.05, 0) is 36.8 Å². The number of pyridine rings is 1. The van der Waals surface area contributed by atoms with E-state index in [1.807, 2.05) is 6.07 Å². The summed E-state index contributed by atoms with van der Waals surface area (Å²) >= 11 is 5.87. The molecule has 0 aliphatic carbocycles. The molecule has 4 nitrogen and oxygen atoms in total. The van der Waals surface area contributed by atoms with Crippen LogP contribution in [0.15, 0.2) is 42.6 Å². The van der Waals surface area contributed by atoms with E-state index in [1.165, 1.54) is 0 Å². The third kappa shape index (κ3) is 4.76. The average Bonchev–Trinajstić information content (AvgIpc) is 2.49. The van der Waals surface area contributed by atoms with E-state index in [0.29, 0.717) is 16.4 Å². The van der Waals surface area contributed by atoms with Gasteiger partial charge in [0.25, 0.3) is 5.91 Å². The number of nitrogens with one attached hydrogen (secondary N) is 2. The van der Waals surface area contributed by atoms with Crippen molar-refractivity contribution in [1.29, 1.82) is 0 Å². The van der Waals surface area contributed by atoms with E-state index in [0.717, 1.165) is 25.1 Å². The molecule has 0 saturated carbocycles. The fraction of sp³-hybridized carbons (Fsp3) is 0.250. The van der Waals surface area contributed by atoms with Crippen LogP contribution >= 0.6 is 11.6 Å². The molecule has 1 aromatic heterocycles.